The van der Waals surface area contributed by atoms with Crippen LogP contribution in [0.15, 0.2) is 30.5 Å². The third-order valence-corrected chi connectivity index (χ3v) is 2.84. The molecular weight excluding hydrogens is 188 g/mol. The van der Waals surface area contributed by atoms with Crippen LogP contribution in [0.2, 0.25) is 0 Å². The van der Waals surface area contributed by atoms with Gasteiger partial charge in [0.2, 0.25) is 0 Å². The Morgan fingerprint density at radius 3 is 3.13 bits per heavy atom. The van der Waals surface area contributed by atoms with Gasteiger partial charge in [-0.1, -0.05) is 0 Å². The number of hydrogen-bond donors (Lipinski definition) is 2. The highest BCUT2D eigenvalue weighted by atomic mass is 16.5. The third-order valence-electron chi connectivity index (χ3n) is 2.84. The Kier molecular flexibility index (Phi) is 2.10. The molecular formula is C12H14N2O. The maximum atomic E-state index is 5.87. The number of rotatable bonds is 2. The monoisotopic (exact) mass is 202 g/mol. The summed E-state index contributed by atoms with van der Waals surface area (Å²) >= 11 is 0. The SMILES string of the molecule is c1cc2ccc(O[C@@H]3CCNC3)cc2[nH]1. The zero-order valence-corrected chi connectivity index (χ0v) is 8.49. The smallest absolute Gasteiger partial charge is 0.121 e. The molecule has 0 saturated carbocycles. The van der Waals surface area contributed by atoms with Crippen LogP contribution in [0.5, 0.6) is 5.75 Å². The van der Waals surface area contributed by atoms with Crippen molar-refractivity contribution in [2.75, 3.05) is 13.1 Å². The van der Waals surface area contributed by atoms with Gasteiger partial charge in [-0.15, -0.1) is 0 Å². The molecule has 1 fully saturated rings. The van der Waals surface area contributed by atoms with E-state index in [1.54, 1.807) is 0 Å². The van der Waals surface area contributed by atoms with Crippen molar-refractivity contribution in [1.29, 1.82) is 0 Å². The van der Waals surface area contributed by atoms with E-state index in [0.29, 0.717) is 6.10 Å². The lowest BCUT2D eigenvalue weighted by Crippen LogP contribution is -2.19. The first-order chi connectivity index (χ1) is 7.42. The van der Waals surface area contributed by atoms with Gasteiger partial charge in [-0.25, -0.2) is 0 Å². The molecule has 0 radical (unpaired) electrons. The number of ether oxygens (including phenoxy) is 1. The average molecular weight is 202 g/mol. The molecule has 2 heterocycles. The molecule has 0 bridgehead atoms. The summed E-state index contributed by atoms with van der Waals surface area (Å²) in [5, 5.41) is 4.52. The Balaban J connectivity index is 1.84. The van der Waals surface area contributed by atoms with Crippen LogP contribution in [0, 0.1) is 0 Å². The van der Waals surface area contributed by atoms with Crippen LogP contribution in [0.3, 0.4) is 0 Å². The lowest BCUT2D eigenvalue weighted by Gasteiger charge is -2.12. The van der Waals surface area contributed by atoms with Crippen molar-refractivity contribution in [3.63, 3.8) is 0 Å². The number of fused-ring (bicyclic) bond motifs is 1. The molecule has 0 aliphatic carbocycles. The summed E-state index contributed by atoms with van der Waals surface area (Å²) in [4.78, 5) is 3.19. The van der Waals surface area contributed by atoms with E-state index < -0.39 is 0 Å². The standard InChI is InChI=1S/C12H14N2O/c1-2-10(15-11-4-5-13-8-11)7-12-9(1)3-6-14-12/h1-3,6-7,11,13-14H,4-5,8H2/t11-/m1/s1. The zero-order valence-electron chi connectivity index (χ0n) is 8.49. The van der Waals surface area contributed by atoms with Crippen molar-refractivity contribution in [2.45, 2.75) is 12.5 Å². The van der Waals surface area contributed by atoms with E-state index in [9.17, 15) is 0 Å². The molecule has 1 aromatic carbocycles. The molecule has 15 heavy (non-hydrogen) atoms. The van der Waals surface area contributed by atoms with Crippen LogP contribution in [-0.2, 0) is 0 Å². The van der Waals surface area contributed by atoms with Gasteiger partial charge < -0.3 is 15.0 Å². The number of benzene rings is 1. The van der Waals surface area contributed by atoms with E-state index in [2.05, 4.69) is 28.5 Å². The first-order valence-corrected chi connectivity index (χ1v) is 5.36. The number of nitrogens with one attached hydrogen (secondary N) is 2. The van der Waals surface area contributed by atoms with Crippen LogP contribution in [0.25, 0.3) is 10.9 Å². The summed E-state index contributed by atoms with van der Waals surface area (Å²) in [7, 11) is 0. The largest absolute Gasteiger partial charge is 0.489 e. The Hall–Kier alpha value is -1.48. The third kappa shape index (κ3) is 1.70. The topological polar surface area (TPSA) is 37.0 Å². The van der Waals surface area contributed by atoms with Gasteiger partial charge in [0.05, 0.1) is 0 Å². The number of aromatic amines is 1. The van der Waals surface area contributed by atoms with E-state index in [0.717, 1.165) is 30.8 Å². The van der Waals surface area contributed by atoms with Crippen molar-refractivity contribution < 1.29 is 4.74 Å². The highest BCUT2D eigenvalue weighted by Crippen LogP contribution is 2.21. The normalized spacial score (nSPS) is 20.9. The van der Waals surface area contributed by atoms with Gasteiger partial charge in [0, 0.05) is 24.3 Å². The quantitative estimate of drug-likeness (QED) is 0.780. The molecule has 1 saturated heterocycles. The first kappa shape index (κ1) is 8.80. The number of H-pyrrole nitrogens is 1. The summed E-state index contributed by atoms with van der Waals surface area (Å²) in [5.74, 6) is 0.957. The maximum Gasteiger partial charge on any atom is 0.121 e. The fourth-order valence-electron chi connectivity index (χ4n) is 2.02. The molecule has 78 valence electrons. The van der Waals surface area contributed by atoms with Crippen molar-refractivity contribution in [2.24, 2.45) is 0 Å². The minimum absolute atomic E-state index is 0.331. The van der Waals surface area contributed by atoms with Crippen LogP contribution in [0.4, 0.5) is 0 Å². The van der Waals surface area contributed by atoms with Crippen molar-refractivity contribution in [3.05, 3.63) is 30.5 Å². The first-order valence-electron chi connectivity index (χ1n) is 5.36. The molecule has 2 N–H and O–H groups in total. The summed E-state index contributed by atoms with van der Waals surface area (Å²) in [5.41, 5.74) is 1.14. The van der Waals surface area contributed by atoms with E-state index in [1.165, 1.54) is 5.39 Å². The lowest BCUT2D eigenvalue weighted by molar-refractivity contribution is 0.223. The highest BCUT2D eigenvalue weighted by Gasteiger charge is 2.15. The maximum absolute atomic E-state index is 5.87. The molecule has 2 aromatic rings. The molecule has 3 heteroatoms. The van der Waals surface area contributed by atoms with Crippen LogP contribution in [-0.4, -0.2) is 24.2 Å². The van der Waals surface area contributed by atoms with E-state index in [4.69, 9.17) is 4.74 Å². The van der Waals surface area contributed by atoms with Gasteiger partial charge in [-0.2, -0.15) is 0 Å². The predicted molar refractivity (Wildman–Crippen MR) is 60.2 cm³/mol. The summed E-state index contributed by atoms with van der Waals surface area (Å²) in [6.07, 6.45) is 3.38. The molecule has 0 spiro atoms. The van der Waals surface area contributed by atoms with Gasteiger partial charge in [0.15, 0.2) is 0 Å². The summed E-state index contributed by atoms with van der Waals surface area (Å²) in [6, 6.07) is 8.25. The highest BCUT2D eigenvalue weighted by molar-refractivity contribution is 5.80. The predicted octanol–water partition coefficient (Wildman–Crippen LogP) is 1.91. The molecule has 3 nitrogen and oxygen atoms in total. The fraction of sp³-hybridized carbons (Fsp3) is 0.333. The summed E-state index contributed by atoms with van der Waals surface area (Å²) in [6.45, 7) is 2.03. The molecule has 0 unspecified atom stereocenters. The Morgan fingerprint density at radius 1 is 1.27 bits per heavy atom. The second-order valence-corrected chi connectivity index (χ2v) is 3.96. The molecule has 3 rings (SSSR count). The molecule has 1 atom stereocenters. The molecule has 1 aliphatic heterocycles. The minimum Gasteiger partial charge on any atom is -0.489 e. The molecule has 1 aromatic heterocycles. The average Bonchev–Trinajstić information content (AvgIpc) is 2.87. The number of hydrogen-bond acceptors (Lipinski definition) is 2. The van der Waals surface area contributed by atoms with Crippen molar-refractivity contribution >= 4 is 10.9 Å². The Labute approximate surface area is 88.4 Å². The lowest BCUT2D eigenvalue weighted by atomic mass is 10.2. The van der Waals surface area contributed by atoms with Gasteiger partial charge in [-0.05, 0) is 36.6 Å². The summed E-state index contributed by atoms with van der Waals surface area (Å²) < 4.78 is 5.87. The van der Waals surface area contributed by atoms with Gasteiger partial charge >= 0.3 is 0 Å². The van der Waals surface area contributed by atoms with Crippen LogP contribution in [0.1, 0.15) is 6.42 Å². The van der Waals surface area contributed by atoms with Crippen LogP contribution < -0.4 is 10.1 Å². The Morgan fingerprint density at radius 2 is 2.27 bits per heavy atom. The zero-order chi connectivity index (χ0) is 10.1. The molecule has 0 amide bonds. The van der Waals surface area contributed by atoms with E-state index in [-0.39, 0.29) is 0 Å². The van der Waals surface area contributed by atoms with Crippen molar-refractivity contribution in [3.8, 4) is 5.75 Å². The van der Waals surface area contributed by atoms with Gasteiger partial charge in [0.25, 0.3) is 0 Å². The van der Waals surface area contributed by atoms with Gasteiger partial charge in [0.1, 0.15) is 11.9 Å². The van der Waals surface area contributed by atoms with Gasteiger partial charge in [-0.3, -0.25) is 0 Å². The van der Waals surface area contributed by atoms with E-state index >= 15 is 0 Å². The van der Waals surface area contributed by atoms with Crippen molar-refractivity contribution in [1.82, 2.24) is 10.3 Å². The fourth-order valence-corrected chi connectivity index (χ4v) is 2.02. The second-order valence-electron chi connectivity index (χ2n) is 3.96. The molecule has 1 aliphatic rings. The number of aromatic nitrogens is 1. The van der Waals surface area contributed by atoms with Crippen LogP contribution >= 0.6 is 0 Å². The second kappa shape index (κ2) is 3.59. The minimum atomic E-state index is 0.331. The Bertz CT molecular complexity index is 457. The van der Waals surface area contributed by atoms with E-state index in [1.807, 2.05) is 12.3 Å².